The third-order valence-corrected chi connectivity index (χ3v) is 7.54. The van der Waals surface area contributed by atoms with Crippen LogP contribution >= 0.6 is 0 Å². The number of aryl methyl sites for hydroxylation is 2. The summed E-state index contributed by atoms with van der Waals surface area (Å²) >= 11 is 0. The molecule has 0 saturated heterocycles. The van der Waals surface area contributed by atoms with Crippen LogP contribution in [0.1, 0.15) is 17.4 Å². The van der Waals surface area contributed by atoms with E-state index in [0.29, 0.717) is 33.8 Å². The Hall–Kier alpha value is -4.91. The number of carboxylic acid groups (broad SMARTS) is 1. The molecule has 2 heterocycles. The first-order valence-electron chi connectivity index (χ1n) is 12.7. The van der Waals surface area contributed by atoms with Crippen molar-refractivity contribution < 1.29 is 40.6 Å². The molecular weight excluding hydrogens is 587 g/mol. The van der Waals surface area contributed by atoms with E-state index in [-0.39, 0.29) is 22.2 Å². The fourth-order valence-electron chi connectivity index (χ4n) is 4.64. The molecule has 0 saturated carbocycles. The maximum absolute atomic E-state index is 12.7. The highest BCUT2D eigenvalue weighted by Crippen LogP contribution is 2.40. The molecule has 0 aliphatic carbocycles. The highest BCUT2D eigenvalue weighted by atomic mass is 32.2. The predicted molar refractivity (Wildman–Crippen MR) is 151 cm³/mol. The summed E-state index contributed by atoms with van der Waals surface area (Å²) in [5.74, 6) is -0.957. The number of alkyl halides is 3. The van der Waals surface area contributed by atoms with Gasteiger partial charge in [0, 0.05) is 23.6 Å². The van der Waals surface area contributed by atoms with E-state index in [1.807, 2.05) is 11.5 Å². The normalized spacial score (nSPS) is 12.0. The van der Waals surface area contributed by atoms with Crippen molar-refractivity contribution >= 4 is 15.8 Å². The summed E-state index contributed by atoms with van der Waals surface area (Å²) in [6.07, 6.45) is -2.51. The predicted octanol–water partition coefficient (Wildman–Crippen LogP) is 6.41. The minimum absolute atomic E-state index is 0.123. The van der Waals surface area contributed by atoms with Crippen molar-refractivity contribution in [2.45, 2.75) is 31.5 Å². The van der Waals surface area contributed by atoms with Crippen LogP contribution in [0, 0.1) is 13.8 Å². The lowest BCUT2D eigenvalue weighted by molar-refractivity contribution is -0.274. The fraction of sp³-hybridized carbons (Fsp3) is 0.167. The van der Waals surface area contributed by atoms with Crippen molar-refractivity contribution in [3.8, 4) is 45.1 Å². The standard InChI is InChI=1S/C30H24F3N3O6S/c1-17-16-36(18(2)34-17)25-12-9-21(20-5-4-6-23(13-20)43(3,39)40)14-24(25)29-28(35-26(41-29)15-27(37)38)19-7-10-22(11-8-19)42-30(31,32)33/h4-14,16H,15H2,1-3H3,(H,37,38). The van der Waals surface area contributed by atoms with Gasteiger partial charge in [-0.05, 0) is 73.5 Å². The number of ether oxygens (including phenoxy) is 1. The number of halogens is 3. The average Bonchev–Trinajstić information content (AvgIpc) is 3.49. The highest BCUT2D eigenvalue weighted by Gasteiger charge is 2.31. The number of nitrogens with zero attached hydrogens (tertiary/aromatic N) is 3. The van der Waals surface area contributed by atoms with Crippen LogP contribution in [-0.2, 0) is 21.1 Å². The van der Waals surface area contributed by atoms with E-state index in [2.05, 4.69) is 14.7 Å². The molecule has 3 aromatic carbocycles. The van der Waals surface area contributed by atoms with Crippen molar-refractivity contribution in [3.63, 3.8) is 0 Å². The zero-order valence-corrected chi connectivity index (χ0v) is 23.8. The third-order valence-electron chi connectivity index (χ3n) is 6.43. The van der Waals surface area contributed by atoms with Crippen LogP contribution in [0.5, 0.6) is 5.75 Å². The quantitative estimate of drug-likeness (QED) is 0.214. The lowest BCUT2D eigenvalue weighted by Crippen LogP contribution is -2.16. The van der Waals surface area contributed by atoms with Crippen LogP contribution in [0.4, 0.5) is 13.2 Å². The Bertz CT molecular complexity index is 1940. The second kappa shape index (κ2) is 11.1. The van der Waals surface area contributed by atoms with E-state index < -0.39 is 34.3 Å². The molecule has 9 nitrogen and oxygen atoms in total. The van der Waals surface area contributed by atoms with E-state index in [0.717, 1.165) is 24.1 Å². The molecule has 0 atom stereocenters. The lowest BCUT2D eigenvalue weighted by Gasteiger charge is -2.14. The molecule has 5 rings (SSSR count). The summed E-state index contributed by atoms with van der Waals surface area (Å²) in [4.78, 5) is 20.5. The summed E-state index contributed by atoms with van der Waals surface area (Å²) in [6.45, 7) is 3.63. The van der Waals surface area contributed by atoms with Crippen LogP contribution in [0.15, 0.2) is 82.2 Å². The van der Waals surface area contributed by atoms with Gasteiger partial charge in [0.05, 0.1) is 16.3 Å². The maximum atomic E-state index is 12.7. The van der Waals surface area contributed by atoms with Crippen molar-refractivity contribution in [3.05, 3.63) is 90.3 Å². The van der Waals surface area contributed by atoms with E-state index in [4.69, 9.17) is 4.42 Å². The van der Waals surface area contributed by atoms with Gasteiger partial charge in [-0.2, -0.15) is 0 Å². The Morgan fingerprint density at radius 3 is 2.26 bits per heavy atom. The number of rotatable bonds is 8. The molecule has 0 aliphatic rings. The van der Waals surface area contributed by atoms with E-state index in [1.165, 1.54) is 24.3 Å². The molecule has 43 heavy (non-hydrogen) atoms. The molecular formula is C30H24F3N3O6S. The van der Waals surface area contributed by atoms with Crippen molar-refractivity contribution in [2.24, 2.45) is 0 Å². The molecule has 0 bridgehead atoms. The summed E-state index contributed by atoms with van der Waals surface area (Å²) in [7, 11) is -3.49. The van der Waals surface area contributed by atoms with Gasteiger partial charge in [-0.25, -0.2) is 18.4 Å². The summed E-state index contributed by atoms with van der Waals surface area (Å²) < 4.78 is 74.5. The van der Waals surface area contributed by atoms with Gasteiger partial charge < -0.3 is 18.8 Å². The minimum Gasteiger partial charge on any atom is -0.481 e. The van der Waals surface area contributed by atoms with Gasteiger partial charge >= 0.3 is 12.3 Å². The number of carboxylic acids is 1. The van der Waals surface area contributed by atoms with Crippen molar-refractivity contribution in [1.82, 2.24) is 14.5 Å². The van der Waals surface area contributed by atoms with Gasteiger partial charge in [-0.1, -0.05) is 18.2 Å². The Kier molecular flexibility index (Phi) is 7.61. The van der Waals surface area contributed by atoms with Crippen LogP contribution in [-0.4, -0.2) is 46.6 Å². The molecule has 222 valence electrons. The zero-order chi connectivity index (χ0) is 31.1. The SMILES string of the molecule is Cc1cn(-c2ccc(-c3cccc(S(C)(=O)=O)c3)cc2-c2oc(CC(=O)O)nc2-c2ccc(OC(F)(F)F)cc2)c(C)n1. The van der Waals surface area contributed by atoms with Crippen molar-refractivity contribution in [1.29, 1.82) is 0 Å². The van der Waals surface area contributed by atoms with Gasteiger partial charge in [0.1, 0.15) is 23.7 Å². The first-order chi connectivity index (χ1) is 20.2. The summed E-state index contributed by atoms with van der Waals surface area (Å²) in [5.41, 5.74) is 3.53. The minimum atomic E-state index is -4.88. The number of carbonyl (C=O) groups is 1. The second-order valence-corrected chi connectivity index (χ2v) is 11.8. The lowest BCUT2D eigenvalue weighted by atomic mass is 9.98. The highest BCUT2D eigenvalue weighted by molar-refractivity contribution is 7.90. The molecule has 0 radical (unpaired) electrons. The van der Waals surface area contributed by atoms with Crippen LogP contribution < -0.4 is 4.74 Å². The topological polar surface area (TPSA) is 125 Å². The average molecular weight is 612 g/mol. The first-order valence-corrected chi connectivity index (χ1v) is 14.6. The van der Waals surface area contributed by atoms with E-state index in [9.17, 15) is 31.5 Å². The molecule has 0 fully saturated rings. The van der Waals surface area contributed by atoms with Gasteiger partial charge in [0.2, 0.25) is 5.89 Å². The number of aromatic nitrogens is 3. The third kappa shape index (κ3) is 6.61. The fourth-order valence-corrected chi connectivity index (χ4v) is 5.30. The van der Waals surface area contributed by atoms with Crippen molar-refractivity contribution in [2.75, 3.05) is 6.26 Å². The molecule has 0 spiro atoms. The Morgan fingerprint density at radius 1 is 0.977 bits per heavy atom. The molecule has 0 amide bonds. The molecule has 0 unspecified atom stereocenters. The first kappa shape index (κ1) is 29.6. The number of aliphatic carboxylic acids is 1. The number of benzene rings is 3. The Labute approximate surface area is 244 Å². The zero-order valence-electron chi connectivity index (χ0n) is 23.0. The largest absolute Gasteiger partial charge is 0.573 e. The Morgan fingerprint density at radius 2 is 1.65 bits per heavy atom. The number of imidazole rings is 1. The number of sulfone groups is 1. The number of hydrogen-bond acceptors (Lipinski definition) is 7. The molecule has 5 aromatic rings. The van der Waals surface area contributed by atoms with Gasteiger partial charge in [0.25, 0.3) is 0 Å². The number of hydrogen-bond donors (Lipinski definition) is 1. The number of oxazole rings is 1. The summed E-state index contributed by atoms with van der Waals surface area (Å²) in [6, 6.07) is 16.7. The summed E-state index contributed by atoms with van der Waals surface area (Å²) in [5, 5.41) is 9.42. The smallest absolute Gasteiger partial charge is 0.481 e. The monoisotopic (exact) mass is 611 g/mol. The molecule has 0 aliphatic heterocycles. The van der Waals surface area contributed by atoms with Gasteiger partial charge in [-0.15, -0.1) is 13.2 Å². The van der Waals surface area contributed by atoms with Crippen LogP contribution in [0.3, 0.4) is 0 Å². The van der Waals surface area contributed by atoms with Gasteiger partial charge in [-0.3, -0.25) is 4.79 Å². The molecule has 2 aromatic heterocycles. The maximum Gasteiger partial charge on any atom is 0.573 e. The molecule has 13 heteroatoms. The Balaban J connectivity index is 1.74. The second-order valence-electron chi connectivity index (χ2n) is 9.76. The van der Waals surface area contributed by atoms with E-state index in [1.54, 1.807) is 43.5 Å². The molecule has 1 N–H and O–H groups in total. The van der Waals surface area contributed by atoms with Crippen LogP contribution in [0.25, 0.3) is 39.4 Å². The van der Waals surface area contributed by atoms with E-state index >= 15 is 0 Å². The van der Waals surface area contributed by atoms with Gasteiger partial charge in [0.15, 0.2) is 15.6 Å². The van der Waals surface area contributed by atoms with Crippen LogP contribution in [0.2, 0.25) is 0 Å².